The molecule has 28 heavy (non-hydrogen) atoms. The Bertz CT molecular complexity index is 1150. The summed E-state index contributed by atoms with van der Waals surface area (Å²) >= 11 is 1.50. The van der Waals surface area contributed by atoms with Gasteiger partial charge in [-0.25, -0.2) is 4.98 Å². The number of benzene rings is 3. The molecular weight excluding hydrogens is 366 g/mol. The number of anilines is 1. The smallest absolute Gasteiger partial charge is 0.237 e. The van der Waals surface area contributed by atoms with Crippen LogP contribution < -0.4 is 4.90 Å². The van der Waals surface area contributed by atoms with Crippen molar-refractivity contribution >= 4 is 34.4 Å². The summed E-state index contributed by atoms with van der Waals surface area (Å²) in [5, 5.41) is 0.841. The molecule has 0 fully saturated rings. The molecule has 1 aliphatic heterocycles. The quantitative estimate of drug-likeness (QED) is 0.478. The molecule has 0 bridgehead atoms. The molecule has 0 aliphatic carbocycles. The minimum absolute atomic E-state index is 0.126. The van der Waals surface area contributed by atoms with E-state index in [4.69, 9.17) is 4.98 Å². The van der Waals surface area contributed by atoms with Gasteiger partial charge in [0.25, 0.3) is 0 Å². The summed E-state index contributed by atoms with van der Waals surface area (Å²) in [7, 11) is 0. The van der Waals surface area contributed by atoms with Crippen molar-refractivity contribution in [2.45, 2.75) is 11.6 Å². The normalized spacial score (nSPS) is 13.1. The van der Waals surface area contributed by atoms with E-state index in [0.717, 1.165) is 40.5 Å². The van der Waals surface area contributed by atoms with Gasteiger partial charge in [-0.15, -0.1) is 0 Å². The molecule has 0 radical (unpaired) electrons. The van der Waals surface area contributed by atoms with Gasteiger partial charge in [-0.3, -0.25) is 9.36 Å². The number of nitrogens with zero attached hydrogens (tertiary/aromatic N) is 3. The first kappa shape index (κ1) is 17.1. The highest BCUT2D eigenvalue weighted by atomic mass is 32.2. The second kappa shape index (κ2) is 7.17. The van der Waals surface area contributed by atoms with E-state index in [0.29, 0.717) is 5.75 Å². The van der Waals surface area contributed by atoms with E-state index in [1.165, 1.54) is 17.3 Å². The number of carbonyl (C=O) groups is 1. The Morgan fingerprint density at radius 3 is 2.57 bits per heavy atom. The second-order valence-electron chi connectivity index (χ2n) is 6.77. The molecule has 3 aromatic carbocycles. The summed E-state index contributed by atoms with van der Waals surface area (Å²) in [5.74, 6) is 0.492. The van der Waals surface area contributed by atoms with Crippen LogP contribution in [0.25, 0.3) is 16.7 Å². The molecule has 0 N–H and O–H groups in total. The van der Waals surface area contributed by atoms with Crippen LogP contribution in [-0.4, -0.2) is 27.8 Å². The first-order valence-corrected chi connectivity index (χ1v) is 10.3. The number of para-hydroxylation sites is 4. The number of thioether (sulfide) groups is 1. The molecular formula is C23H19N3OS. The van der Waals surface area contributed by atoms with E-state index >= 15 is 0 Å². The van der Waals surface area contributed by atoms with Gasteiger partial charge in [0.05, 0.1) is 16.8 Å². The van der Waals surface area contributed by atoms with Crippen LogP contribution in [0.3, 0.4) is 0 Å². The fourth-order valence-electron chi connectivity index (χ4n) is 3.73. The summed E-state index contributed by atoms with van der Waals surface area (Å²) in [6.45, 7) is 0.758. The Morgan fingerprint density at radius 2 is 1.68 bits per heavy atom. The minimum Gasteiger partial charge on any atom is -0.311 e. The third-order valence-electron chi connectivity index (χ3n) is 5.06. The third kappa shape index (κ3) is 2.98. The van der Waals surface area contributed by atoms with E-state index < -0.39 is 0 Å². The van der Waals surface area contributed by atoms with Crippen LogP contribution in [0.1, 0.15) is 5.56 Å². The lowest BCUT2D eigenvalue weighted by molar-refractivity contribution is -0.116. The van der Waals surface area contributed by atoms with E-state index in [9.17, 15) is 4.79 Å². The van der Waals surface area contributed by atoms with Gasteiger partial charge in [0, 0.05) is 17.9 Å². The van der Waals surface area contributed by atoms with Gasteiger partial charge in [0.15, 0.2) is 5.16 Å². The number of hydrogen-bond donors (Lipinski definition) is 0. The van der Waals surface area contributed by atoms with Gasteiger partial charge in [-0.1, -0.05) is 60.3 Å². The van der Waals surface area contributed by atoms with Crippen molar-refractivity contribution in [3.63, 3.8) is 0 Å². The fraction of sp³-hybridized carbons (Fsp3) is 0.130. The molecule has 1 amide bonds. The van der Waals surface area contributed by atoms with Crippen molar-refractivity contribution < 1.29 is 4.79 Å². The largest absolute Gasteiger partial charge is 0.311 e. The van der Waals surface area contributed by atoms with Crippen molar-refractivity contribution in [3.05, 3.63) is 84.4 Å². The van der Waals surface area contributed by atoms with Gasteiger partial charge in [0.2, 0.25) is 5.91 Å². The number of hydrogen-bond acceptors (Lipinski definition) is 3. The molecule has 4 nitrogen and oxygen atoms in total. The predicted molar refractivity (Wildman–Crippen MR) is 114 cm³/mol. The lowest BCUT2D eigenvalue weighted by Gasteiger charge is -2.17. The monoisotopic (exact) mass is 385 g/mol. The Morgan fingerprint density at radius 1 is 0.929 bits per heavy atom. The molecule has 1 aliphatic rings. The Balaban J connectivity index is 1.44. The molecule has 5 heteroatoms. The molecule has 0 spiro atoms. The molecule has 0 saturated heterocycles. The first-order valence-electron chi connectivity index (χ1n) is 9.35. The standard InChI is InChI=1S/C23H19N3OS/c27-22(25-15-14-17-8-4-6-12-20(17)25)16-28-23-24-19-11-5-7-13-21(19)26(23)18-9-2-1-3-10-18/h1-13H,14-16H2. The molecule has 5 rings (SSSR count). The van der Waals surface area contributed by atoms with Crippen molar-refractivity contribution in [1.82, 2.24) is 9.55 Å². The summed E-state index contributed by atoms with van der Waals surface area (Å²) in [5.41, 5.74) is 5.34. The molecule has 2 heterocycles. The van der Waals surface area contributed by atoms with Gasteiger partial charge in [0.1, 0.15) is 0 Å². The topological polar surface area (TPSA) is 38.1 Å². The van der Waals surface area contributed by atoms with Gasteiger partial charge in [-0.2, -0.15) is 0 Å². The van der Waals surface area contributed by atoms with E-state index in [2.05, 4.69) is 28.8 Å². The zero-order chi connectivity index (χ0) is 18.9. The number of amides is 1. The van der Waals surface area contributed by atoms with Gasteiger partial charge in [-0.05, 0) is 42.3 Å². The average molecular weight is 385 g/mol. The van der Waals surface area contributed by atoms with Gasteiger partial charge >= 0.3 is 0 Å². The zero-order valence-corrected chi connectivity index (χ0v) is 16.1. The Hall–Kier alpha value is -3.05. The molecule has 0 unspecified atom stereocenters. The minimum atomic E-state index is 0.126. The first-order chi connectivity index (χ1) is 13.8. The van der Waals surface area contributed by atoms with E-state index in [-0.39, 0.29) is 5.91 Å². The lowest BCUT2D eigenvalue weighted by Crippen LogP contribution is -2.30. The van der Waals surface area contributed by atoms with Crippen LogP contribution >= 0.6 is 11.8 Å². The van der Waals surface area contributed by atoms with Crippen LogP contribution in [-0.2, 0) is 11.2 Å². The predicted octanol–water partition coefficient (Wildman–Crippen LogP) is 4.71. The van der Waals surface area contributed by atoms with Gasteiger partial charge < -0.3 is 4.90 Å². The fourth-order valence-corrected chi connectivity index (χ4v) is 4.63. The number of aromatic nitrogens is 2. The summed E-state index contributed by atoms with van der Waals surface area (Å²) in [4.78, 5) is 19.6. The van der Waals surface area contributed by atoms with Crippen LogP contribution in [0.5, 0.6) is 0 Å². The lowest BCUT2D eigenvalue weighted by atomic mass is 10.2. The van der Waals surface area contributed by atoms with Crippen LogP contribution in [0.2, 0.25) is 0 Å². The maximum absolute atomic E-state index is 12.9. The highest BCUT2D eigenvalue weighted by Crippen LogP contribution is 2.31. The molecule has 4 aromatic rings. The summed E-state index contributed by atoms with van der Waals surface area (Å²) in [6.07, 6.45) is 0.926. The highest BCUT2D eigenvalue weighted by Gasteiger charge is 2.24. The molecule has 138 valence electrons. The van der Waals surface area contributed by atoms with Crippen LogP contribution in [0, 0.1) is 0 Å². The Labute approximate surface area is 167 Å². The number of imidazole rings is 1. The van der Waals surface area contributed by atoms with Crippen molar-refractivity contribution in [2.75, 3.05) is 17.2 Å². The van der Waals surface area contributed by atoms with E-state index in [1.807, 2.05) is 59.5 Å². The highest BCUT2D eigenvalue weighted by molar-refractivity contribution is 7.99. The van der Waals surface area contributed by atoms with Crippen molar-refractivity contribution in [3.8, 4) is 5.69 Å². The summed E-state index contributed by atoms with van der Waals surface area (Å²) < 4.78 is 2.13. The second-order valence-corrected chi connectivity index (χ2v) is 7.71. The molecule has 0 saturated carbocycles. The molecule has 0 atom stereocenters. The maximum atomic E-state index is 12.9. The average Bonchev–Trinajstić information content (AvgIpc) is 3.34. The maximum Gasteiger partial charge on any atom is 0.237 e. The zero-order valence-electron chi connectivity index (χ0n) is 15.3. The number of carbonyl (C=O) groups excluding carboxylic acids is 1. The van der Waals surface area contributed by atoms with E-state index in [1.54, 1.807) is 0 Å². The van der Waals surface area contributed by atoms with Crippen molar-refractivity contribution in [2.24, 2.45) is 0 Å². The third-order valence-corrected chi connectivity index (χ3v) is 5.98. The SMILES string of the molecule is O=C(CSc1nc2ccccc2n1-c1ccccc1)N1CCc2ccccc21. The number of rotatable bonds is 4. The number of fused-ring (bicyclic) bond motifs is 2. The van der Waals surface area contributed by atoms with Crippen LogP contribution in [0.4, 0.5) is 5.69 Å². The Kier molecular flexibility index (Phi) is 4.37. The van der Waals surface area contributed by atoms with Crippen LogP contribution in [0.15, 0.2) is 84.0 Å². The summed E-state index contributed by atoms with van der Waals surface area (Å²) in [6, 6.07) is 26.4. The molecule has 1 aromatic heterocycles. The van der Waals surface area contributed by atoms with Crippen molar-refractivity contribution in [1.29, 1.82) is 0 Å².